The lowest BCUT2D eigenvalue weighted by Crippen LogP contribution is -2.49. The van der Waals surface area contributed by atoms with Crippen molar-refractivity contribution in [3.05, 3.63) is 58.6 Å². The Kier molecular flexibility index (Phi) is 11.1. The molecule has 1 atom stereocenters. The smallest absolute Gasteiger partial charge is 0.122 e. The van der Waals surface area contributed by atoms with Crippen LogP contribution in [-0.4, -0.2) is 68.7 Å². The summed E-state index contributed by atoms with van der Waals surface area (Å²) >= 11 is 6.17. The average Bonchev–Trinajstić information content (AvgIpc) is 2.76. The number of halogens is 2. The van der Waals surface area contributed by atoms with E-state index in [0.717, 1.165) is 37.0 Å². The Hall–Kier alpha value is -1.50. The predicted molar refractivity (Wildman–Crippen MR) is 135 cm³/mol. The van der Waals surface area contributed by atoms with Crippen LogP contribution in [0.4, 0.5) is 5.69 Å². The van der Waals surface area contributed by atoms with E-state index in [1.54, 1.807) is 0 Å². The van der Waals surface area contributed by atoms with Crippen molar-refractivity contribution in [2.24, 2.45) is 0 Å². The summed E-state index contributed by atoms with van der Waals surface area (Å²) in [6.45, 7) is 12.0. The lowest BCUT2D eigenvalue weighted by Gasteiger charge is -2.37. The van der Waals surface area contributed by atoms with Gasteiger partial charge in [-0.2, -0.15) is 0 Å². The fourth-order valence-electron chi connectivity index (χ4n) is 3.96. The fraction of sp³-hybridized carbons (Fsp3) is 0.520. The molecule has 7 heteroatoms. The number of hydrogen-bond acceptors (Lipinski definition) is 5. The Morgan fingerprint density at radius 3 is 2.47 bits per heavy atom. The SMILES string of the molecule is Cc1ccc(Cl)cc1N1CCN(CC(O)COCCOc2ccccc2C(C)C)CC1.Cl. The minimum absolute atomic E-state index is 0. The highest BCUT2D eigenvalue weighted by molar-refractivity contribution is 6.30. The third-order valence-electron chi connectivity index (χ3n) is 5.69. The van der Waals surface area contributed by atoms with E-state index in [9.17, 15) is 5.11 Å². The van der Waals surface area contributed by atoms with Gasteiger partial charge in [0.25, 0.3) is 0 Å². The van der Waals surface area contributed by atoms with Crippen LogP contribution in [0.3, 0.4) is 0 Å². The monoisotopic (exact) mass is 482 g/mol. The third-order valence-corrected chi connectivity index (χ3v) is 5.92. The van der Waals surface area contributed by atoms with E-state index in [4.69, 9.17) is 21.1 Å². The van der Waals surface area contributed by atoms with Crippen LogP contribution < -0.4 is 9.64 Å². The lowest BCUT2D eigenvalue weighted by molar-refractivity contribution is 0.00709. The number of hydrogen-bond donors (Lipinski definition) is 1. The van der Waals surface area contributed by atoms with Gasteiger partial charge in [0.1, 0.15) is 12.4 Å². The van der Waals surface area contributed by atoms with Crippen LogP contribution in [-0.2, 0) is 4.74 Å². The predicted octanol–water partition coefficient (Wildman–Crippen LogP) is 4.77. The van der Waals surface area contributed by atoms with Crippen molar-refractivity contribution in [1.29, 1.82) is 0 Å². The Morgan fingerprint density at radius 2 is 1.75 bits per heavy atom. The largest absolute Gasteiger partial charge is 0.491 e. The van der Waals surface area contributed by atoms with Crippen LogP contribution >= 0.6 is 24.0 Å². The molecule has 1 N–H and O–H groups in total. The van der Waals surface area contributed by atoms with Crippen LogP contribution in [0, 0.1) is 6.92 Å². The van der Waals surface area contributed by atoms with Crippen molar-refractivity contribution >= 4 is 29.7 Å². The number of aryl methyl sites for hydroxylation is 1. The normalized spacial score (nSPS) is 15.5. The Bertz CT molecular complexity index is 827. The van der Waals surface area contributed by atoms with Crippen LogP contribution in [0.25, 0.3) is 0 Å². The van der Waals surface area contributed by atoms with Gasteiger partial charge in [-0.25, -0.2) is 0 Å². The number of nitrogens with zero attached hydrogens (tertiary/aromatic N) is 2. The summed E-state index contributed by atoms with van der Waals surface area (Å²) in [6.07, 6.45) is -0.498. The highest BCUT2D eigenvalue weighted by Crippen LogP contribution is 2.26. The molecule has 0 radical (unpaired) electrons. The summed E-state index contributed by atoms with van der Waals surface area (Å²) < 4.78 is 11.5. The Balaban J connectivity index is 0.00000363. The molecule has 1 aliphatic rings. The zero-order chi connectivity index (χ0) is 22.2. The highest BCUT2D eigenvalue weighted by atomic mass is 35.5. The number of ether oxygens (including phenoxy) is 2. The molecule has 1 saturated heterocycles. The molecule has 5 nitrogen and oxygen atoms in total. The number of β-amino-alcohol motifs (C(OH)–C–C–N with tert-alkyl or cyclic N) is 1. The van der Waals surface area contributed by atoms with Gasteiger partial charge in [0.05, 0.1) is 19.3 Å². The maximum Gasteiger partial charge on any atom is 0.122 e. The highest BCUT2D eigenvalue weighted by Gasteiger charge is 2.20. The molecule has 3 rings (SSSR count). The van der Waals surface area contributed by atoms with Gasteiger partial charge >= 0.3 is 0 Å². The van der Waals surface area contributed by atoms with Crippen LogP contribution in [0.1, 0.15) is 30.9 Å². The molecule has 178 valence electrons. The van der Waals surface area contributed by atoms with Crippen molar-refractivity contribution in [2.45, 2.75) is 32.8 Å². The zero-order valence-electron chi connectivity index (χ0n) is 19.3. The van der Waals surface area contributed by atoms with Crippen LogP contribution in [0.2, 0.25) is 5.02 Å². The first kappa shape index (κ1) is 26.7. The van der Waals surface area contributed by atoms with Crippen molar-refractivity contribution in [2.75, 3.05) is 57.4 Å². The summed E-state index contributed by atoms with van der Waals surface area (Å²) in [4.78, 5) is 4.66. The minimum atomic E-state index is -0.498. The van der Waals surface area contributed by atoms with Gasteiger partial charge in [-0.1, -0.05) is 49.7 Å². The van der Waals surface area contributed by atoms with Crippen molar-refractivity contribution < 1.29 is 14.6 Å². The van der Waals surface area contributed by atoms with Gasteiger partial charge in [-0.3, -0.25) is 4.90 Å². The van der Waals surface area contributed by atoms with Crippen molar-refractivity contribution in [3.8, 4) is 5.75 Å². The maximum absolute atomic E-state index is 10.4. The molecule has 32 heavy (non-hydrogen) atoms. The number of rotatable bonds is 10. The van der Waals surface area contributed by atoms with E-state index in [2.05, 4.69) is 42.7 Å². The van der Waals surface area contributed by atoms with E-state index < -0.39 is 6.10 Å². The zero-order valence-corrected chi connectivity index (χ0v) is 20.9. The van der Waals surface area contributed by atoms with E-state index in [1.165, 1.54) is 16.8 Å². The standard InChI is InChI=1S/C25H35ClN2O3.ClH/c1-19(2)23-6-4-5-7-25(23)31-15-14-30-18-22(29)17-27-10-12-28(13-11-27)24-16-21(26)9-8-20(24)3;/h4-9,16,19,22,29H,10-15,17-18H2,1-3H3;1H. The molecular weight excluding hydrogens is 447 g/mol. The summed E-state index contributed by atoms with van der Waals surface area (Å²) in [5.41, 5.74) is 3.65. The van der Waals surface area contributed by atoms with E-state index in [-0.39, 0.29) is 12.4 Å². The number of anilines is 1. The number of aliphatic hydroxyl groups is 1. The first-order valence-electron chi connectivity index (χ1n) is 11.1. The number of aliphatic hydroxyl groups excluding tert-OH is 1. The number of piperazine rings is 1. The van der Waals surface area contributed by atoms with Gasteiger partial charge in [0.15, 0.2) is 0 Å². The second-order valence-corrected chi connectivity index (χ2v) is 8.92. The van der Waals surface area contributed by atoms with Gasteiger partial charge in [0, 0.05) is 43.4 Å². The summed E-state index contributed by atoms with van der Waals surface area (Å²) in [6, 6.07) is 14.1. The lowest BCUT2D eigenvalue weighted by atomic mass is 10.0. The second kappa shape index (κ2) is 13.3. The minimum Gasteiger partial charge on any atom is -0.491 e. The Morgan fingerprint density at radius 1 is 1.03 bits per heavy atom. The maximum atomic E-state index is 10.4. The first-order chi connectivity index (χ1) is 14.9. The summed E-state index contributed by atoms with van der Waals surface area (Å²) in [5, 5.41) is 11.1. The second-order valence-electron chi connectivity index (χ2n) is 8.49. The average molecular weight is 483 g/mol. The summed E-state index contributed by atoms with van der Waals surface area (Å²) in [5.74, 6) is 1.33. The molecule has 0 aromatic heterocycles. The van der Waals surface area contributed by atoms with Crippen molar-refractivity contribution in [3.63, 3.8) is 0 Å². The number of para-hydroxylation sites is 1. The van der Waals surface area contributed by atoms with Gasteiger partial charge in [-0.05, 0) is 42.2 Å². The van der Waals surface area contributed by atoms with Gasteiger partial charge in [-0.15, -0.1) is 12.4 Å². The molecule has 2 aromatic carbocycles. The van der Waals surface area contributed by atoms with Crippen molar-refractivity contribution in [1.82, 2.24) is 4.90 Å². The van der Waals surface area contributed by atoms with E-state index in [1.807, 2.05) is 30.3 Å². The van der Waals surface area contributed by atoms with Crippen LogP contribution in [0.15, 0.2) is 42.5 Å². The molecular formula is C25H36Cl2N2O3. The molecule has 0 aliphatic carbocycles. The molecule has 2 aromatic rings. The first-order valence-corrected chi connectivity index (χ1v) is 11.5. The molecule has 0 amide bonds. The molecule has 1 fully saturated rings. The molecule has 0 spiro atoms. The number of benzene rings is 2. The third kappa shape index (κ3) is 7.82. The van der Waals surface area contributed by atoms with Crippen LogP contribution in [0.5, 0.6) is 5.75 Å². The van der Waals surface area contributed by atoms with Gasteiger partial charge in [0.2, 0.25) is 0 Å². The Labute approximate surface area is 203 Å². The molecule has 1 aliphatic heterocycles. The molecule has 0 bridgehead atoms. The van der Waals surface area contributed by atoms with E-state index >= 15 is 0 Å². The fourth-order valence-corrected chi connectivity index (χ4v) is 4.13. The van der Waals surface area contributed by atoms with Gasteiger partial charge < -0.3 is 19.5 Å². The molecule has 0 saturated carbocycles. The topological polar surface area (TPSA) is 45.2 Å². The molecule has 1 heterocycles. The molecule has 1 unspecified atom stereocenters. The summed E-state index contributed by atoms with van der Waals surface area (Å²) in [7, 11) is 0. The van der Waals surface area contributed by atoms with E-state index in [0.29, 0.717) is 32.3 Å². The quantitative estimate of drug-likeness (QED) is 0.494.